The zero-order valence-corrected chi connectivity index (χ0v) is 17.4. The molecule has 0 unspecified atom stereocenters. The lowest BCUT2D eigenvalue weighted by Crippen LogP contribution is -2.54. The first-order valence-electron chi connectivity index (χ1n) is 10.4. The van der Waals surface area contributed by atoms with E-state index in [4.69, 9.17) is 4.74 Å². The number of rotatable bonds is 4. The number of fused-ring (bicyclic) bond motifs is 1. The number of nitrogens with zero attached hydrogens (tertiary/aromatic N) is 2. The van der Waals surface area contributed by atoms with Crippen molar-refractivity contribution in [2.45, 2.75) is 64.6 Å². The maximum atomic E-state index is 13.0. The molecule has 1 fully saturated rings. The third kappa shape index (κ3) is 5.47. The van der Waals surface area contributed by atoms with Crippen LogP contribution in [0.1, 0.15) is 51.2 Å². The predicted molar refractivity (Wildman–Crippen MR) is 109 cm³/mol. The summed E-state index contributed by atoms with van der Waals surface area (Å²) in [6.45, 7) is 9.62. The van der Waals surface area contributed by atoms with Crippen LogP contribution in [0.4, 0.5) is 4.79 Å². The summed E-state index contributed by atoms with van der Waals surface area (Å²) in [4.78, 5) is 29.7. The van der Waals surface area contributed by atoms with Gasteiger partial charge >= 0.3 is 6.09 Å². The molecule has 6 heteroatoms. The Kier molecular flexibility index (Phi) is 6.60. The molecule has 3 rings (SSSR count). The molecule has 2 aliphatic rings. The molecule has 1 N–H and O–H groups in total. The first-order valence-corrected chi connectivity index (χ1v) is 10.4. The molecule has 1 aromatic rings. The fraction of sp³-hybridized carbons (Fsp3) is 0.636. The molecule has 0 radical (unpaired) electrons. The van der Waals surface area contributed by atoms with Crippen LogP contribution in [0.2, 0.25) is 0 Å². The molecule has 0 saturated carbocycles. The van der Waals surface area contributed by atoms with Gasteiger partial charge in [0.15, 0.2) is 0 Å². The number of hydrogen-bond donors (Lipinski definition) is 1. The molecule has 1 saturated heterocycles. The molecular weight excluding hydrogens is 354 g/mol. The van der Waals surface area contributed by atoms with Crippen molar-refractivity contribution in [2.24, 2.45) is 0 Å². The number of amides is 2. The second kappa shape index (κ2) is 8.95. The summed E-state index contributed by atoms with van der Waals surface area (Å²) >= 11 is 0. The highest BCUT2D eigenvalue weighted by Crippen LogP contribution is 2.25. The van der Waals surface area contributed by atoms with Crippen LogP contribution in [0.15, 0.2) is 24.3 Å². The average molecular weight is 388 g/mol. The van der Waals surface area contributed by atoms with Crippen molar-refractivity contribution in [1.29, 1.82) is 0 Å². The summed E-state index contributed by atoms with van der Waals surface area (Å²) < 4.78 is 5.57. The van der Waals surface area contributed by atoms with Gasteiger partial charge in [-0.2, -0.15) is 0 Å². The minimum absolute atomic E-state index is 0.0997. The largest absolute Gasteiger partial charge is 0.444 e. The number of likely N-dealkylation sites (tertiary alicyclic amines) is 1. The van der Waals surface area contributed by atoms with Crippen molar-refractivity contribution in [1.82, 2.24) is 15.1 Å². The Hall–Kier alpha value is -2.08. The highest BCUT2D eigenvalue weighted by atomic mass is 16.6. The fourth-order valence-corrected chi connectivity index (χ4v) is 3.91. The number of carbonyl (C=O) groups excluding carboxylic acids is 2. The second-order valence-corrected chi connectivity index (χ2v) is 8.79. The first-order chi connectivity index (χ1) is 13.3. The van der Waals surface area contributed by atoms with Gasteiger partial charge in [0, 0.05) is 19.5 Å². The molecule has 154 valence electrons. The third-order valence-electron chi connectivity index (χ3n) is 5.36. The standard InChI is InChI=1S/C22H33N3O3/c1-22(2,3)28-21(27)25-16-18-10-6-5-9-17(18)15-19(25)20(26)23-11-14-24-12-7-4-8-13-24/h5-6,9-10,19H,4,7-8,11-16H2,1-3H3,(H,23,26)/t19-/m0/s1. The lowest BCUT2D eigenvalue weighted by atomic mass is 9.94. The Morgan fingerprint density at radius 3 is 2.46 bits per heavy atom. The summed E-state index contributed by atoms with van der Waals surface area (Å²) in [6, 6.07) is 7.46. The van der Waals surface area contributed by atoms with E-state index in [2.05, 4.69) is 10.2 Å². The molecule has 2 aliphatic heterocycles. The van der Waals surface area contributed by atoms with Crippen molar-refractivity contribution in [2.75, 3.05) is 26.2 Å². The molecule has 0 spiro atoms. The predicted octanol–water partition coefficient (Wildman–Crippen LogP) is 2.95. The normalized spacial score (nSPS) is 20.4. The van der Waals surface area contributed by atoms with Gasteiger partial charge in [0.05, 0.1) is 6.54 Å². The quantitative estimate of drug-likeness (QED) is 0.863. The zero-order valence-electron chi connectivity index (χ0n) is 17.4. The zero-order chi connectivity index (χ0) is 20.1. The second-order valence-electron chi connectivity index (χ2n) is 8.79. The van der Waals surface area contributed by atoms with E-state index in [0.717, 1.165) is 30.8 Å². The number of nitrogens with one attached hydrogen (secondary N) is 1. The Bertz CT molecular complexity index is 693. The summed E-state index contributed by atoms with van der Waals surface area (Å²) in [5.41, 5.74) is 1.60. The highest BCUT2D eigenvalue weighted by molar-refractivity contribution is 5.86. The fourth-order valence-electron chi connectivity index (χ4n) is 3.91. The Balaban J connectivity index is 1.65. The molecule has 2 amide bonds. The number of piperidine rings is 1. The van der Waals surface area contributed by atoms with Gasteiger partial charge in [-0.15, -0.1) is 0 Å². The Morgan fingerprint density at radius 2 is 1.79 bits per heavy atom. The number of hydrogen-bond acceptors (Lipinski definition) is 4. The summed E-state index contributed by atoms with van der Waals surface area (Å²) in [7, 11) is 0. The smallest absolute Gasteiger partial charge is 0.411 e. The lowest BCUT2D eigenvalue weighted by molar-refractivity contribution is -0.127. The molecule has 1 aromatic carbocycles. The molecule has 0 aliphatic carbocycles. The van der Waals surface area contributed by atoms with Crippen molar-refractivity contribution in [3.05, 3.63) is 35.4 Å². The minimum atomic E-state index is -0.594. The van der Waals surface area contributed by atoms with Gasteiger partial charge in [0.25, 0.3) is 0 Å². The summed E-state index contributed by atoms with van der Waals surface area (Å²) in [6.07, 6.45) is 3.86. The van der Waals surface area contributed by atoms with Gasteiger partial charge in [-0.1, -0.05) is 30.7 Å². The van der Waals surface area contributed by atoms with Crippen molar-refractivity contribution >= 4 is 12.0 Å². The minimum Gasteiger partial charge on any atom is -0.444 e. The van der Waals surface area contributed by atoms with E-state index in [1.165, 1.54) is 19.3 Å². The highest BCUT2D eigenvalue weighted by Gasteiger charge is 2.36. The van der Waals surface area contributed by atoms with E-state index in [1.807, 2.05) is 45.0 Å². The number of benzene rings is 1. The topological polar surface area (TPSA) is 61.9 Å². The van der Waals surface area contributed by atoms with Crippen LogP contribution < -0.4 is 5.32 Å². The van der Waals surface area contributed by atoms with Crippen molar-refractivity contribution < 1.29 is 14.3 Å². The first kappa shape index (κ1) is 20.6. The molecular formula is C22H33N3O3. The maximum Gasteiger partial charge on any atom is 0.411 e. The van der Waals surface area contributed by atoms with Crippen LogP contribution in [-0.2, 0) is 22.5 Å². The van der Waals surface area contributed by atoms with Crippen LogP contribution in [-0.4, -0.2) is 59.6 Å². The Labute approximate surface area is 168 Å². The molecule has 2 heterocycles. The van der Waals surface area contributed by atoms with Gasteiger partial charge in [-0.25, -0.2) is 4.79 Å². The van der Waals surface area contributed by atoms with Crippen LogP contribution in [0.3, 0.4) is 0 Å². The number of ether oxygens (including phenoxy) is 1. The van der Waals surface area contributed by atoms with Crippen LogP contribution >= 0.6 is 0 Å². The average Bonchev–Trinajstić information content (AvgIpc) is 2.66. The SMILES string of the molecule is CC(C)(C)OC(=O)N1Cc2ccccc2C[C@H]1C(=O)NCCN1CCCCC1. The summed E-state index contributed by atoms with van der Waals surface area (Å²) in [5.74, 6) is -0.0997. The van der Waals surface area contributed by atoms with Gasteiger partial charge in [-0.05, 0) is 57.8 Å². The van der Waals surface area contributed by atoms with E-state index < -0.39 is 17.7 Å². The van der Waals surface area contributed by atoms with E-state index in [-0.39, 0.29) is 5.91 Å². The van der Waals surface area contributed by atoms with E-state index in [0.29, 0.717) is 19.5 Å². The summed E-state index contributed by atoms with van der Waals surface area (Å²) in [5, 5.41) is 3.05. The van der Waals surface area contributed by atoms with Gasteiger partial charge in [-0.3, -0.25) is 9.69 Å². The van der Waals surface area contributed by atoms with Gasteiger partial charge in [0.2, 0.25) is 5.91 Å². The van der Waals surface area contributed by atoms with E-state index in [1.54, 1.807) is 4.90 Å². The molecule has 0 aromatic heterocycles. The Morgan fingerprint density at radius 1 is 1.11 bits per heavy atom. The van der Waals surface area contributed by atoms with Gasteiger partial charge < -0.3 is 15.0 Å². The van der Waals surface area contributed by atoms with Crippen molar-refractivity contribution in [3.8, 4) is 0 Å². The van der Waals surface area contributed by atoms with Crippen LogP contribution in [0.25, 0.3) is 0 Å². The van der Waals surface area contributed by atoms with Crippen molar-refractivity contribution in [3.63, 3.8) is 0 Å². The molecule has 1 atom stereocenters. The number of carbonyl (C=O) groups is 2. The lowest BCUT2D eigenvalue weighted by Gasteiger charge is -2.37. The molecule has 6 nitrogen and oxygen atoms in total. The molecule has 0 bridgehead atoms. The van der Waals surface area contributed by atoms with E-state index >= 15 is 0 Å². The van der Waals surface area contributed by atoms with Crippen LogP contribution in [0.5, 0.6) is 0 Å². The molecule has 28 heavy (non-hydrogen) atoms. The monoisotopic (exact) mass is 387 g/mol. The van der Waals surface area contributed by atoms with Gasteiger partial charge in [0.1, 0.15) is 11.6 Å². The maximum absolute atomic E-state index is 13.0. The third-order valence-corrected chi connectivity index (χ3v) is 5.36. The van der Waals surface area contributed by atoms with Crippen LogP contribution in [0, 0.1) is 0 Å². The van der Waals surface area contributed by atoms with E-state index in [9.17, 15) is 9.59 Å².